The molecule has 0 unspecified atom stereocenters. The molecule has 0 fully saturated rings. The van der Waals surface area contributed by atoms with Gasteiger partial charge in [0.1, 0.15) is 0 Å². The van der Waals surface area contributed by atoms with Crippen LogP contribution < -0.4 is 9.64 Å². The Kier molecular flexibility index (Phi) is 4.66. The first kappa shape index (κ1) is 15.1. The highest BCUT2D eigenvalue weighted by molar-refractivity contribution is 6.32. The summed E-state index contributed by atoms with van der Waals surface area (Å²) in [5, 5.41) is 0.388. The van der Waals surface area contributed by atoms with Crippen molar-refractivity contribution in [1.29, 1.82) is 0 Å². The molecule has 0 aromatic heterocycles. The molecule has 0 aliphatic rings. The highest BCUT2D eigenvalue weighted by Crippen LogP contribution is 2.36. The molecule has 0 amide bonds. The van der Waals surface area contributed by atoms with Gasteiger partial charge in [0.05, 0.1) is 5.02 Å². The average Bonchev–Trinajstić information content (AvgIpc) is 2.49. The van der Waals surface area contributed by atoms with E-state index in [0.29, 0.717) is 10.8 Å². The Morgan fingerprint density at radius 2 is 1.86 bits per heavy atom. The molecule has 0 atom stereocenters. The van der Waals surface area contributed by atoms with Gasteiger partial charge in [-0.3, -0.25) is 0 Å². The number of carbonyl (C=O) groups excluding carboxylic acids is 1. The summed E-state index contributed by atoms with van der Waals surface area (Å²) in [6.07, 6.45) is 1.11. The first-order chi connectivity index (χ1) is 10.0. The lowest BCUT2D eigenvalue weighted by molar-refractivity contribution is -0.128. The zero-order chi connectivity index (χ0) is 15.4. The van der Waals surface area contributed by atoms with Crippen LogP contribution in [0.25, 0.3) is 11.1 Å². The molecule has 0 spiro atoms. The van der Waals surface area contributed by atoms with Gasteiger partial charge in [-0.05, 0) is 23.8 Å². The van der Waals surface area contributed by atoms with Gasteiger partial charge in [0.25, 0.3) is 0 Å². The number of nitrogens with zero attached hydrogens (tertiary/aromatic N) is 1. The summed E-state index contributed by atoms with van der Waals surface area (Å²) in [5.41, 5.74) is 2.78. The topological polar surface area (TPSA) is 29.5 Å². The van der Waals surface area contributed by atoms with Crippen molar-refractivity contribution in [3.05, 3.63) is 60.1 Å². The number of carbonyl (C=O) groups is 1. The fraction of sp³-hybridized carbons (Fsp3) is 0.118. The lowest BCUT2D eigenvalue weighted by Crippen LogP contribution is -2.08. The van der Waals surface area contributed by atoms with Crippen molar-refractivity contribution in [1.82, 2.24) is 0 Å². The Hall–Kier alpha value is -2.26. The van der Waals surface area contributed by atoms with Crippen molar-refractivity contribution in [3.63, 3.8) is 0 Å². The van der Waals surface area contributed by atoms with E-state index in [1.807, 2.05) is 55.4 Å². The molecule has 108 valence electrons. The summed E-state index contributed by atoms with van der Waals surface area (Å²) < 4.78 is 5.26. The second-order valence-corrected chi connectivity index (χ2v) is 5.09. The summed E-state index contributed by atoms with van der Waals surface area (Å²) in [4.78, 5) is 13.5. The van der Waals surface area contributed by atoms with Gasteiger partial charge >= 0.3 is 5.97 Å². The van der Waals surface area contributed by atoms with Gasteiger partial charge in [-0.25, -0.2) is 4.79 Å². The number of ether oxygens (including phenoxy) is 1. The largest absolute Gasteiger partial charge is 0.421 e. The van der Waals surface area contributed by atoms with Gasteiger partial charge in [-0.15, -0.1) is 0 Å². The van der Waals surface area contributed by atoms with Crippen LogP contribution in [0.3, 0.4) is 0 Å². The van der Waals surface area contributed by atoms with Crippen LogP contribution in [0.1, 0.15) is 0 Å². The van der Waals surface area contributed by atoms with Crippen LogP contribution in [0, 0.1) is 0 Å². The second kappa shape index (κ2) is 6.46. The number of esters is 1. The maximum absolute atomic E-state index is 11.5. The molecule has 2 aromatic carbocycles. The molecule has 0 aliphatic carbocycles. The SMILES string of the molecule is C=CC(=O)Oc1c(Cl)cccc1-c1ccc(N(C)C)cc1. The molecule has 2 aromatic rings. The number of anilines is 1. The first-order valence-electron chi connectivity index (χ1n) is 6.43. The molecule has 2 rings (SSSR count). The lowest BCUT2D eigenvalue weighted by atomic mass is 10.0. The van der Waals surface area contributed by atoms with Crippen molar-refractivity contribution < 1.29 is 9.53 Å². The van der Waals surface area contributed by atoms with E-state index in [9.17, 15) is 4.79 Å². The number of benzene rings is 2. The van der Waals surface area contributed by atoms with E-state index in [-0.39, 0.29) is 0 Å². The Balaban J connectivity index is 2.45. The Labute approximate surface area is 129 Å². The van der Waals surface area contributed by atoms with Gasteiger partial charge in [0.2, 0.25) is 0 Å². The van der Waals surface area contributed by atoms with Gasteiger partial charge in [0, 0.05) is 31.4 Å². The molecular weight excluding hydrogens is 286 g/mol. The predicted molar refractivity (Wildman–Crippen MR) is 87.0 cm³/mol. The van der Waals surface area contributed by atoms with Crippen molar-refractivity contribution in [2.24, 2.45) is 0 Å². The van der Waals surface area contributed by atoms with E-state index >= 15 is 0 Å². The molecular formula is C17H16ClNO2. The minimum Gasteiger partial charge on any atom is -0.421 e. The number of para-hydroxylation sites is 1. The minimum absolute atomic E-state index is 0.349. The van der Waals surface area contributed by atoms with Crippen LogP contribution in [0.15, 0.2) is 55.1 Å². The average molecular weight is 302 g/mol. The minimum atomic E-state index is -0.533. The van der Waals surface area contributed by atoms with E-state index in [2.05, 4.69) is 6.58 Å². The third kappa shape index (κ3) is 3.44. The number of rotatable bonds is 4. The summed E-state index contributed by atoms with van der Waals surface area (Å²) in [6.45, 7) is 3.40. The van der Waals surface area contributed by atoms with E-state index in [1.165, 1.54) is 0 Å². The van der Waals surface area contributed by atoms with Crippen molar-refractivity contribution in [3.8, 4) is 16.9 Å². The third-order valence-electron chi connectivity index (χ3n) is 3.03. The van der Waals surface area contributed by atoms with Crippen molar-refractivity contribution in [2.45, 2.75) is 0 Å². The van der Waals surface area contributed by atoms with Crippen LogP contribution in [-0.4, -0.2) is 20.1 Å². The first-order valence-corrected chi connectivity index (χ1v) is 6.81. The normalized spacial score (nSPS) is 10.0. The van der Waals surface area contributed by atoms with Crippen molar-refractivity contribution in [2.75, 3.05) is 19.0 Å². The molecule has 4 heteroatoms. The molecule has 0 saturated carbocycles. The lowest BCUT2D eigenvalue weighted by Gasteiger charge is -2.14. The maximum atomic E-state index is 11.5. The molecule has 0 bridgehead atoms. The van der Waals surface area contributed by atoms with Gasteiger partial charge in [-0.1, -0.05) is 42.4 Å². The number of hydrogen-bond donors (Lipinski definition) is 0. The Morgan fingerprint density at radius 3 is 2.43 bits per heavy atom. The molecule has 0 heterocycles. The predicted octanol–water partition coefficient (Wildman–Crippen LogP) is 4.16. The zero-order valence-electron chi connectivity index (χ0n) is 12.0. The third-order valence-corrected chi connectivity index (χ3v) is 3.33. The van der Waals surface area contributed by atoms with Crippen LogP contribution in [0.5, 0.6) is 5.75 Å². The van der Waals surface area contributed by atoms with E-state index in [0.717, 1.165) is 22.9 Å². The molecule has 0 aliphatic heterocycles. The summed E-state index contributed by atoms with van der Waals surface area (Å²) in [7, 11) is 3.96. The Bertz CT molecular complexity index is 663. The van der Waals surface area contributed by atoms with E-state index < -0.39 is 5.97 Å². The van der Waals surface area contributed by atoms with Crippen molar-refractivity contribution >= 4 is 23.3 Å². The maximum Gasteiger partial charge on any atom is 0.335 e. The highest BCUT2D eigenvalue weighted by atomic mass is 35.5. The zero-order valence-corrected chi connectivity index (χ0v) is 12.7. The molecule has 0 N–H and O–H groups in total. The smallest absolute Gasteiger partial charge is 0.335 e. The summed E-state index contributed by atoms with van der Waals surface area (Å²) in [5.74, 6) is -0.184. The quantitative estimate of drug-likeness (QED) is 0.482. The van der Waals surface area contributed by atoms with E-state index in [1.54, 1.807) is 6.07 Å². The fourth-order valence-electron chi connectivity index (χ4n) is 1.92. The molecule has 21 heavy (non-hydrogen) atoms. The monoisotopic (exact) mass is 301 g/mol. The summed E-state index contributed by atoms with van der Waals surface area (Å²) in [6, 6.07) is 13.3. The summed E-state index contributed by atoms with van der Waals surface area (Å²) >= 11 is 6.14. The van der Waals surface area contributed by atoms with Crippen LogP contribution in [-0.2, 0) is 4.79 Å². The number of halogens is 1. The van der Waals surface area contributed by atoms with Crippen LogP contribution in [0.4, 0.5) is 5.69 Å². The fourth-order valence-corrected chi connectivity index (χ4v) is 2.13. The second-order valence-electron chi connectivity index (χ2n) is 4.68. The number of hydrogen-bond acceptors (Lipinski definition) is 3. The Morgan fingerprint density at radius 1 is 1.19 bits per heavy atom. The van der Waals surface area contributed by atoms with Gasteiger partial charge < -0.3 is 9.64 Å². The molecule has 0 saturated heterocycles. The van der Waals surface area contributed by atoms with Gasteiger partial charge in [-0.2, -0.15) is 0 Å². The standard InChI is InChI=1S/C17H16ClNO2/c1-4-16(20)21-17-14(6-5-7-15(17)18)12-8-10-13(11-9-12)19(2)3/h4-11H,1H2,2-3H3. The van der Waals surface area contributed by atoms with E-state index in [4.69, 9.17) is 16.3 Å². The molecule has 3 nitrogen and oxygen atoms in total. The van der Waals surface area contributed by atoms with Crippen LogP contribution in [0.2, 0.25) is 5.02 Å². The molecule has 0 radical (unpaired) electrons. The van der Waals surface area contributed by atoms with Gasteiger partial charge in [0.15, 0.2) is 5.75 Å². The highest BCUT2D eigenvalue weighted by Gasteiger charge is 2.13. The van der Waals surface area contributed by atoms with Crippen LogP contribution >= 0.6 is 11.6 Å².